The molecule has 8 nitrogen and oxygen atoms in total. The maximum atomic E-state index is 14.1. The van der Waals surface area contributed by atoms with Gasteiger partial charge in [0.1, 0.15) is 35.8 Å². The highest BCUT2D eigenvalue weighted by molar-refractivity contribution is 5.92. The molecule has 0 bridgehead atoms. The smallest absolute Gasteiger partial charge is 0.306 e. The Morgan fingerprint density at radius 3 is 2.07 bits per heavy atom. The van der Waals surface area contributed by atoms with Crippen LogP contribution < -0.4 is 0 Å². The van der Waals surface area contributed by atoms with Crippen molar-refractivity contribution in [2.45, 2.75) is 162 Å². The van der Waals surface area contributed by atoms with Gasteiger partial charge in [-0.1, -0.05) is 105 Å². The van der Waals surface area contributed by atoms with Gasteiger partial charge in [-0.3, -0.25) is 14.4 Å². The molecule has 1 saturated carbocycles. The molecular weight excluding hydrogens is 572 g/mol. The average Bonchev–Trinajstić information content (AvgIpc) is 3.31. The number of fused-ring (bicyclic) bond motifs is 1. The van der Waals surface area contributed by atoms with Gasteiger partial charge < -0.3 is 24.8 Å². The SMILES string of the molecule is CCCCCCCCCCCC(=O)O[C@@]1(C[C@@H](C)[C@]23C=C(C)[C@H](O)[C@@]2(O)[C@H](O)C(COC(=O)CCC)=CCC3=O)[C@H](C)C1(C)C. The van der Waals surface area contributed by atoms with Gasteiger partial charge in [0, 0.05) is 30.6 Å². The van der Waals surface area contributed by atoms with Crippen LogP contribution in [0.5, 0.6) is 0 Å². The zero-order valence-corrected chi connectivity index (χ0v) is 29.0. The molecule has 256 valence electrons. The zero-order chi connectivity index (χ0) is 33.6. The number of carbonyl (C=O) groups excluding carboxylic acids is 3. The molecular formula is C37H60O8. The molecule has 0 saturated heterocycles. The minimum atomic E-state index is -2.28. The number of unbranched alkanes of at least 4 members (excludes halogenated alkanes) is 8. The van der Waals surface area contributed by atoms with Crippen LogP contribution >= 0.6 is 0 Å². The van der Waals surface area contributed by atoms with Gasteiger partial charge in [-0.05, 0) is 43.3 Å². The van der Waals surface area contributed by atoms with Gasteiger partial charge in [-0.25, -0.2) is 0 Å². The first-order valence-corrected chi connectivity index (χ1v) is 17.5. The Balaban J connectivity index is 1.75. The first-order chi connectivity index (χ1) is 21.2. The van der Waals surface area contributed by atoms with Crippen LogP contribution in [0, 0.1) is 22.7 Å². The largest absolute Gasteiger partial charge is 0.461 e. The van der Waals surface area contributed by atoms with E-state index in [1.54, 1.807) is 13.0 Å². The number of allylic oxidation sites excluding steroid dienone is 1. The number of hydrogen-bond acceptors (Lipinski definition) is 8. The molecule has 3 rings (SSSR count). The topological polar surface area (TPSA) is 130 Å². The van der Waals surface area contributed by atoms with E-state index < -0.39 is 40.7 Å². The van der Waals surface area contributed by atoms with Gasteiger partial charge in [0.15, 0.2) is 0 Å². The number of carbonyl (C=O) groups is 3. The summed E-state index contributed by atoms with van der Waals surface area (Å²) < 4.78 is 11.6. The lowest BCUT2D eigenvalue weighted by Gasteiger charge is -2.48. The Labute approximate surface area is 271 Å². The molecule has 7 atom stereocenters. The summed E-state index contributed by atoms with van der Waals surface area (Å²) >= 11 is 0. The van der Waals surface area contributed by atoms with Crippen molar-refractivity contribution < 1.29 is 39.2 Å². The second kappa shape index (κ2) is 15.2. The molecule has 3 aliphatic rings. The molecule has 0 aromatic carbocycles. The summed E-state index contributed by atoms with van der Waals surface area (Å²) in [5.41, 5.74) is -4.55. The van der Waals surface area contributed by atoms with E-state index >= 15 is 0 Å². The Kier molecular flexibility index (Phi) is 12.7. The summed E-state index contributed by atoms with van der Waals surface area (Å²) in [5, 5.41) is 35.3. The highest BCUT2D eigenvalue weighted by Crippen LogP contribution is 2.69. The van der Waals surface area contributed by atoms with E-state index in [2.05, 4.69) is 20.8 Å². The Morgan fingerprint density at radius 1 is 0.933 bits per heavy atom. The molecule has 0 unspecified atom stereocenters. The van der Waals surface area contributed by atoms with E-state index in [0.29, 0.717) is 18.4 Å². The summed E-state index contributed by atoms with van der Waals surface area (Å²) in [4.78, 5) is 39.3. The lowest BCUT2D eigenvalue weighted by molar-refractivity contribution is -0.193. The van der Waals surface area contributed by atoms with E-state index in [9.17, 15) is 29.7 Å². The minimum Gasteiger partial charge on any atom is -0.461 e. The maximum absolute atomic E-state index is 14.1. The molecule has 0 spiro atoms. The van der Waals surface area contributed by atoms with Crippen molar-refractivity contribution in [3.05, 3.63) is 23.3 Å². The highest BCUT2D eigenvalue weighted by Gasteiger charge is 2.75. The number of Topliss-reactive ketones (excluding diaryl/α,β-unsaturated/α-hetero) is 1. The van der Waals surface area contributed by atoms with E-state index in [-0.39, 0.29) is 54.5 Å². The number of aliphatic hydroxyl groups is 3. The van der Waals surface area contributed by atoms with Gasteiger partial charge >= 0.3 is 11.9 Å². The lowest BCUT2D eigenvalue weighted by Crippen LogP contribution is -2.65. The molecule has 0 aliphatic heterocycles. The summed E-state index contributed by atoms with van der Waals surface area (Å²) in [5.74, 6) is -1.62. The van der Waals surface area contributed by atoms with E-state index in [0.717, 1.165) is 19.3 Å². The molecule has 0 aromatic heterocycles. The van der Waals surface area contributed by atoms with Gasteiger partial charge in [-0.2, -0.15) is 0 Å². The monoisotopic (exact) mass is 632 g/mol. The molecule has 0 aromatic rings. The Hall–Kier alpha value is -2.03. The van der Waals surface area contributed by atoms with Crippen molar-refractivity contribution in [2.75, 3.05) is 6.61 Å². The van der Waals surface area contributed by atoms with Crippen molar-refractivity contribution in [1.29, 1.82) is 0 Å². The van der Waals surface area contributed by atoms with Crippen molar-refractivity contribution in [1.82, 2.24) is 0 Å². The standard InChI is InChI=1S/C37H60O8/c1-8-10-11-12-13-14-15-16-17-19-31(40)45-36(27(5)34(36,6)7)23-26(4)35-22-25(3)32(41)37(35,43)33(42)28(20-21-29(35)38)24-44-30(39)18-9-2/h20,22,26-27,32-33,41-43H,8-19,21,23-24H2,1-7H3/t26-,27-,32+,33-,35+,36+,37-/m1/s1. The van der Waals surface area contributed by atoms with Crippen molar-refractivity contribution in [3.63, 3.8) is 0 Å². The number of ketones is 1. The number of esters is 2. The van der Waals surface area contributed by atoms with E-state index in [4.69, 9.17) is 9.47 Å². The molecule has 1 fully saturated rings. The molecule has 8 heteroatoms. The first kappa shape index (κ1) is 37.4. The minimum absolute atomic E-state index is 0.0119. The van der Waals surface area contributed by atoms with Gasteiger partial charge in [0.25, 0.3) is 0 Å². The summed E-state index contributed by atoms with van der Waals surface area (Å²) in [6, 6.07) is 0. The molecule has 0 amide bonds. The van der Waals surface area contributed by atoms with Gasteiger partial charge in [0.05, 0.1) is 5.41 Å². The fourth-order valence-electron chi connectivity index (χ4n) is 8.21. The Morgan fingerprint density at radius 2 is 1.51 bits per heavy atom. The predicted molar refractivity (Wildman–Crippen MR) is 174 cm³/mol. The fraction of sp³-hybridized carbons (Fsp3) is 0.811. The number of hydrogen-bond donors (Lipinski definition) is 3. The van der Waals surface area contributed by atoms with E-state index in [1.807, 2.05) is 20.8 Å². The van der Waals surface area contributed by atoms with Gasteiger partial charge in [0.2, 0.25) is 0 Å². The van der Waals surface area contributed by atoms with Crippen molar-refractivity contribution in [2.24, 2.45) is 22.7 Å². The van der Waals surface area contributed by atoms with Crippen molar-refractivity contribution >= 4 is 17.7 Å². The first-order valence-electron chi connectivity index (χ1n) is 17.5. The average molecular weight is 633 g/mol. The molecule has 3 N–H and O–H groups in total. The van der Waals surface area contributed by atoms with Crippen LogP contribution in [0.1, 0.15) is 138 Å². The maximum Gasteiger partial charge on any atom is 0.306 e. The van der Waals surface area contributed by atoms with Crippen LogP contribution in [0.2, 0.25) is 0 Å². The summed E-state index contributed by atoms with van der Waals surface area (Å²) in [6.07, 6.45) is 11.7. The van der Waals surface area contributed by atoms with Crippen LogP contribution in [0.3, 0.4) is 0 Å². The molecule has 45 heavy (non-hydrogen) atoms. The van der Waals surface area contributed by atoms with Crippen LogP contribution in [0.25, 0.3) is 0 Å². The van der Waals surface area contributed by atoms with Crippen LogP contribution in [-0.4, -0.2) is 63.1 Å². The second-order valence-electron chi connectivity index (χ2n) is 14.7. The highest BCUT2D eigenvalue weighted by atomic mass is 16.6. The number of aliphatic hydroxyl groups excluding tert-OH is 2. The molecule has 0 heterocycles. The molecule has 0 radical (unpaired) electrons. The zero-order valence-electron chi connectivity index (χ0n) is 29.0. The van der Waals surface area contributed by atoms with Crippen molar-refractivity contribution in [3.8, 4) is 0 Å². The van der Waals surface area contributed by atoms with Crippen LogP contribution in [0.15, 0.2) is 23.3 Å². The normalized spacial score (nSPS) is 32.7. The third kappa shape index (κ3) is 7.13. The van der Waals surface area contributed by atoms with Crippen LogP contribution in [-0.2, 0) is 23.9 Å². The lowest BCUT2D eigenvalue weighted by atomic mass is 9.59. The third-order valence-corrected chi connectivity index (χ3v) is 11.6. The quantitative estimate of drug-likeness (QED) is 0.0883. The predicted octanol–water partition coefficient (Wildman–Crippen LogP) is 6.53. The third-order valence-electron chi connectivity index (χ3n) is 11.6. The second-order valence-corrected chi connectivity index (χ2v) is 14.7. The van der Waals surface area contributed by atoms with Gasteiger partial charge in [-0.15, -0.1) is 0 Å². The van der Waals surface area contributed by atoms with Crippen LogP contribution in [0.4, 0.5) is 0 Å². The summed E-state index contributed by atoms with van der Waals surface area (Å²) in [7, 11) is 0. The fourth-order valence-corrected chi connectivity index (χ4v) is 8.21. The molecule has 3 aliphatic carbocycles. The van der Waals surface area contributed by atoms with E-state index in [1.165, 1.54) is 44.6 Å². The number of rotatable bonds is 18. The Bertz CT molecular complexity index is 1120. The number of ether oxygens (including phenoxy) is 2. The summed E-state index contributed by atoms with van der Waals surface area (Å²) in [6.45, 7) is 13.4.